The van der Waals surface area contributed by atoms with Crippen molar-refractivity contribution < 1.29 is 23.5 Å². The number of ether oxygens (including phenoxy) is 3. The van der Waals surface area contributed by atoms with E-state index in [-0.39, 0.29) is 12.0 Å². The third kappa shape index (κ3) is 3.59. The Balaban J connectivity index is 1.72. The molecule has 1 aromatic carbocycles. The number of rotatable bonds is 4. The molecule has 3 rings (SSSR count). The van der Waals surface area contributed by atoms with Gasteiger partial charge in [0.2, 0.25) is 0 Å². The van der Waals surface area contributed by atoms with Gasteiger partial charge < -0.3 is 24.0 Å². The molecule has 0 spiro atoms. The van der Waals surface area contributed by atoms with Crippen molar-refractivity contribution in [1.29, 1.82) is 0 Å². The first-order chi connectivity index (χ1) is 11.0. The normalized spacial score (nSPS) is 22.1. The van der Waals surface area contributed by atoms with E-state index in [1.165, 1.54) is 0 Å². The molecule has 2 aliphatic rings. The highest BCUT2D eigenvalue weighted by Gasteiger charge is 2.29. The zero-order valence-electron chi connectivity index (χ0n) is 14.1. The number of benzene rings is 1. The van der Waals surface area contributed by atoms with E-state index in [9.17, 15) is 4.79 Å². The van der Waals surface area contributed by atoms with E-state index in [1.54, 1.807) is 7.11 Å². The Morgan fingerprint density at radius 1 is 1.39 bits per heavy atom. The number of hydrogen-bond acceptors (Lipinski definition) is 4. The highest BCUT2D eigenvalue weighted by molar-refractivity contribution is 5.93. The first-order valence-electron chi connectivity index (χ1n) is 8.08. The van der Waals surface area contributed by atoms with Gasteiger partial charge in [0, 0.05) is 18.1 Å². The smallest absolute Gasteiger partial charge is 0.279 e. The van der Waals surface area contributed by atoms with Crippen molar-refractivity contribution in [3.63, 3.8) is 0 Å². The number of likely N-dealkylation sites (N-methyl/N-ethyl adjacent to an activating group) is 1. The summed E-state index contributed by atoms with van der Waals surface area (Å²) in [5.74, 6) is 1.50. The van der Waals surface area contributed by atoms with Crippen LogP contribution in [0, 0.1) is 0 Å². The molecule has 6 heteroatoms. The monoisotopic (exact) mass is 321 g/mol. The molecular formula is C17H25N2O4+. The Hall–Kier alpha value is -1.79. The maximum absolute atomic E-state index is 12.5. The predicted octanol–water partition coefficient (Wildman–Crippen LogP) is 1.43. The van der Waals surface area contributed by atoms with Crippen molar-refractivity contribution in [2.45, 2.75) is 19.4 Å². The molecule has 0 saturated carbocycles. The molecule has 0 radical (unpaired) electrons. The molecule has 2 aliphatic heterocycles. The van der Waals surface area contributed by atoms with Gasteiger partial charge >= 0.3 is 0 Å². The van der Waals surface area contributed by atoms with E-state index in [4.69, 9.17) is 14.2 Å². The summed E-state index contributed by atoms with van der Waals surface area (Å²) in [7, 11) is 3.71. The maximum atomic E-state index is 12.5. The van der Waals surface area contributed by atoms with Gasteiger partial charge in [-0.2, -0.15) is 0 Å². The highest BCUT2D eigenvalue weighted by atomic mass is 16.5. The number of amides is 1. The van der Waals surface area contributed by atoms with Gasteiger partial charge in [-0.3, -0.25) is 4.79 Å². The highest BCUT2D eigenvalue weighted by Crippen LogP contribution is 2.37. The molecule has 1 N–H and O–H groups in total. The molecule has 6 nitrogen and oxygen atoms in total. The number of methoxy groups -OCH3 is 1. The molecular weight excluding hydrogens is 296 g/mol. The first kappa shape index (κ1) is 16.1. The second-order valence-electron chi connectivity index (χ2n) is 6.68. The number of quaternary nitrogens is 1. The summed E-state index contributed by atoms with van der Waals surface area (Å²) in [5, 5.41) is 2.98. The van der Waals surface area contributed by atoms with Crippen molar-refractivity contribution >= 4 is 11.6 Å². The van der Waals surface area contributed by atoms with Crippen molar-refractivity contribution in [3.05, 3.63) is 17.7 Å². The fourth-order valence-electron chi connectivity index (χ4n) is 3.18. The van der Waals surface area contributed by atoms with Crippen LogP contribution >= 0.6 is 0 Å². The third-order valence-corrected chi connectivity index (χ3v) is 4.57. The molecule has 0 unspecified atom stereocenters. The van der Waals surface area contributed by atoms with Crippen molar-refractivity contribution in [2.24, 2.45) is 0 Å². The summed E-state index contributed by atoms with van der Waals surface area (Å²) in [6, 6.07) is 3.83. The van der Waals surface area contributed by atoms with Crippen LogP contribution in [0.25, 0.3) is 0 Å². The average Bonchev–Trinajstić information content (AvgIpc) is 2.85. The van der Waals surface area contributed by atoms with E-state index in [0.717, 1.165) is 30.8 Å². The fourth-order valence-corrected chi connectivity index (χ4v) is 3.18. The standard InChI is InChI=1S/C17H24N2O4/c1-12-8-13-9-16(21-3)14(10-15(13)23-12)18-17(20)11-19(2)4-6-22-7-5-19/h9-10,12H,4-8,11H2,1-3H3/p+1/t12-/m0/s1. The third-order valence-electron chi connectivity index (χ3n) is 4.57. The van der Waals surface area contributed by atoms with Crippen LogP contribution in [0.1, 0.15) is 12.5 Å². The lowest BCUT2D eigenvalue weighted by Gasteiger charge is -2.36. The van der Waals surface area contributed by atoms with E-state index >= 15 is 0 Å². The fraction of sp³-hybridized carbons (Fsp3) is 0.588. The Labute approximate surface area is 136 Å². The maximum Gasteiger partial charge on any atom is 0.279 e. The summed E-state index contributed by atoms with van der Waals surface area (Å²) in [5.41, 5.74) is 1.80. The molecule has 1 aromatic rings. The number of nitrogens with one attached hydrogen (secondary N) is 1. The molecule has 126 valence electrons. The van der Waals surface area contributed by atoms with E-state index in [2.05, 4.69) is 12.4 Å². The summed E-state index contributed by atoms with van der Waals surface area (Å²) in [4.78, 5) is 12.5. The van der Waals surface area contributed by atoms with Crippen molar-refractivity contribution in [1.82, 2.24) is 0 Å². The minimum absolute atomic E-state index is 0.0151. The topological polar surface area (TPSA) is 56.8 Å². The lowest BCUT2D eigenvalue weighted by molar-refractivity contribution is -0.909. The zero-order valence-corrected chi connectivity index (χ0v) is 14.1. The molecule has 1 atom stereocenters. The lowest BCUT2D eigenvalue weighted by Crippen LogP contribution is -2.55. The van der Waals surface area contributed by atoms with Crippen LogP contribution in [0.15, 0.2) is 12.1 Å². The van der Waals surface area contributed by atoms with Crippen molar-refractivity contribution in [3.8, 4) is 11.5 Å². The van der Waals surface area contributed by atoms with Crippen molar-refractivity contribution in [2.75, 3.05) is 52.3 Å². The van der Waals surface area contributed by atoms with Crippen LogP contribution in [-0.4, -0.2) is 63.5 Å². The van der Waals surface area contributed by atoms with E-state index in [1.807, 2.05) is 19.1 Å². The summed E-state index contributed by atoms with van der Waals surface area (Å²) in [6.45, 7) is 5.59. The Bertz CT molecular complexity index is 597. The molecule has 1 fully saturated rings. The second kappa shape index (κ2) is 6.37. The van der Waals surface area contributed by atoms with Crippen LogP contribution < -0.4 is 14.8 Å². The number of carbonyl (C=O) groups excluding carboxylic acids is 1. The minimum Gasteiger partial charge on any atom is -0.495 e. The molecule has 1 saturated heterocycles. The Morgan fingerprint density at radius 2 is 2.13 bits per heavy atom. The second-order valence-corrected chi connectivity index (χ2v) is 6.68. The Kier molecular flexibility index (Phi) is 4.46. The molecule has 1 amide bonds. The van der Waals surface area contributed by atoms with Gasteiger partial charge in [0.05, 0.1) is 33.1 Å². The van der Waals surface area contributed by atoms with Gasteiger partial charge in [0.1, 0.15) is 30.7 Å². The SMILES string of the molecule is COc1cc2c(cc1NC(=O)C[N+]1(C)CCOCC1)O[C@@H](C)C2. The average molecular weight is 321 g/mol. The van der Waals surface area contributed by atoms with Crippen LogP contribution in [0.2, 0.25) is 0 Å². The van der Waals surface area contributed by atoms with Crippen LogP contribution in [0.3, 0.4) is 0 Å². The zero-order chi connectivity index (χ0) is 16.4. The molecule has 2 heterocycles. The van der Waals surface area contributed by atoms with E-state index < -0.39 is 0 Å². The minimum atomic E-state index is -0.0151. The number of anilines is 1. The van der Waals surface area contributed by atoms with Gasteiger partial charge in [-0.15, -0.1) is 0 Å². The van der Waals surface area contributed by atoms with Crippen LogP contribution in [-0.2, 0) is 16.0 Å². The number of nitrogens with zero attached hydrogens (tertiary/aromatic N) is 1. The predicted molar refractivity (Wildman–Crippen MR) is 87.0 cm³/mol. The number of hydrogen-bond donors (Lipinski definition) is 1. The lowest BCUT2D eigenvalue weighted by atomic mass is 10.1. The van der Waals surface area contributed by atoms with E-state index in [0.29, 0.717) is 35.7 Å². The van der Waals surface area contributed by atoms with Crippen LogP contribution in [0.4, 0.5) is 5.69 Å². The summed E-state index contributed by atoms with van der Waals surface area (Å²) < 4.78 is 17.3. The summed E-state index contributed by atoms with van der Waals surface area (Å²) >= 11 is 0. The van der Waals surface area contributed by atoms with Gasteiger partial charge in [-0.25, -0.2) is 0 Å². The quantitative estimate of drug-likeness (QED) is 0.853. The number of morpholine rings is 1. The molecule has 0 aromatic heterocycles. The first-order valence-corrected chi connectivity index (χ1v) is 8.08. The summed E-state index contributed by atoms with van der Waals surface area (Å²) in [6.07, 6.45) is 1.04. The van der Waals surface area contributed by atoms with Crippen LogP contribution in [0.5, 0.6) is 11.5 Å². The van der Waals surface area contributed by atoms with Gasteiger partial charge in [-0.1, -0.05) is 0 Å². The largest absolute Gasteiger partial charge is 0.495 e. The molecule has 0 aliphatic carbocycles. The number of fused-ring (bicyclic) bond motifs is 1. The Morgan fingerprint density at radius 3 is 2.83 bits per heavy atom. The van der Waals surface area contributed by atoms with Gasteiger partial charge in [-0.05, 0) is 13.0 Å². The molecule has 0 bridgehead atoms. The molecule has 23 heavy (non-hydrogen) atoms. The van der Waals surface area contributed by atoms with Gasteiger partial charge in [0.15, 0.2) is 6.54 Å². The van der Waals surface area contributed by atoms with Gasteiger partial charge in [0.25, 0.3) is 5.91 Å². The number of carbonyl (C=O) groups is 1.